The standard InChI is InChI=1S/C27H35ClN4O4S/c1-2-3-4-5-6-9-25(33)30-21-16-19(10-11-22(21)31-14-7-8-15-31)32-18-20(36-27(32)35)17-29-26(34)23-12-13-24(28)37-23/h10-13,16,20H,2-9,14-15,17-18H2,1H3,(H,29,34)(H,30,33). The normalized spacial score (nSPS) is 17.2. The number of unbranched alkanes of at least 4 members (excludes halogenated alkanes) is 4. The van der Waals surface area contributed by atoms with Crippen molar-refractivity contribution in [2.24, 2.45) is 0 Å². The third kappa shape index (κ3) is 7.38. The SMILES string of the molecule is CCCCCCCC(=O)Nc1cc(N2CC(CNC(=O)c3ccc(Cl)s3)OC2=O)ccc1N1CCCC1. The topological polar surface area (TPSA) is 91.0 Å². The number of nitrogens with zero attached hydrogens (tertiary/aromatic N) is 2. The van der Waals surface area contributed by atoms with Crippen molar-refractivity contribution in [1.29, 1.82) is 0 Å². The number of nitrogens with one attached hydrogen (secondary N) is 2. The highest BCUT2D eigenvalue weighted by atomic mass is 35.5. The van der Waals surface area contributed by atoms with Crippen molar-refractivity contribution in [2.45, 2.75) is 64.4 Å². The molecule has 1 atom stereocenters. The highest BCUT2D eigenvalue weighted by Crippen LogP contribution is 2.34. The van der Waals surface area contributed by atoms with E-state index in [1.165, 1.54) is 24.2 Å². The molecule has 2 aliphatic rings. The number of benzene rings is 1. The quantitative estimate of drug-likeness (QED) is 0.316. The molecule has 0 bridgehead atoms. The molecule has 0 radical (unpaired) electrons. The van der Waals surface area contributed by atoms with Gasteiger partial charge in [0.2, 0.25) is 5.91 Å². The molecule has 1 unspecified atom stereocenters. The Bertz CT molecular complexity index is 1100. The molecule has 0 spiro atoms. The van der Waals surface area contributed by atoms with Crippen molar-refractivity contribution >= 4 is 57.9 Å². The molecule has 37 heavy (non-hydrogen) atoms. The van der Waals surface area contributed by atoms with E-state index in [9.17, 15) is 14.4 Å². The summed E-state index contributed by atoms with van der Waals surface area (Å²) in [5, 5.41) is 5.91. The smallest absolute Gasteiger partial charge is 0.414 e. The summed E-state index contributed by atoms with van der Waals surface area (Å²) in [7, 11) is 0. The van der Waals surface area contributed by atoms with Crippen LogP contribution in [-0.4, -0.2) is 50.2 Å². The number of thiophene rings is 1. The fourth-order valence-electron chi connectivity index (χ4n) is 4.70. The summed E-state index contributed by atoms with van der Waals surface area (Å²) in [4.78, 5) is 42.1. The summed E-state index contributed by atoms with van der Waals surface area (Å²) in [5.74, 6) is -0.256. The number of rotatable bonds is 12. The van der Waals surface area contributed by atoms with E-state index >= 15 is 0 Å². The van der Waals surface area contributed by atoms with Crippen LogP contribution < -0.4 is 20.4 Å². The molecule has 3 amide bonds. The second-order valence-corrected chi connectivity index (χ2v) is 11.3. The Hall–Kier alpha value is -2.78. The molecule has 0 aliphatic carbocycles. The minimum atomic E-state index is -0.480. The molecule has 2 aromatic rings. The fourth-order valence-corrected chi connectivity index (χ4v) is 5.66. The maximum absolute atomic E-state index is 12.7. The first-order valence-electron chi connectivity index (χ1n) is 13.1. The average Bonchev–Trinajstić information content (AvgIpc) is 3.64. The van der Waals surface area contributed by atoms with Crippen LogP contribution in [0.1, 0.15) is 68.0 Å². The number of hydrogen-bond donors (Lipinski definition) is 2. The molecule has 200 valence electrons. The van der Waals surface area contributed by atoms with Crippen LogP contribution in [-0.2, 0) is 9.53 Å². The Morgan fingerprint density at radius 2 is 1.89 bits per heavy atom. The number of amides is 3. The van der Waals surface area contributed by atoms with E-state index in [4.69, 9.17) is 16.3 Å². The molecule has 2 N–H and O–H groups in total. The van der Waals surface area contributed by atoms with Crippen LogP contribution in [0.2, 0.25) is 4.34 Å². The minimum Gasteiger partial charge on any atom is -0.442 e. The number of halogens is 1. The zero-order valence-electron chi connectivity index (χ0n) is 21.3. The van der Waals surface area contributed by atoms with Gasteiger partial charge < -0.3 is 20.3 Å². The van der Waals surface area contributed by atoms with Gasteiger partial charge in [-0.15, -0.1) is 11.3 Å². The zero-order valence-corrected chi connectivity index (χ0v) is 22.8. The van der Waals surface area contributed by atoms with Gasteiger partial charge in [-0.2, -0.15) is 0 Å². The predicted octanol–water partition coefficient (Wildman–Crippen LogP) is 6.06. The summed E-state index contributed by atoms with van der Waals surface area (Å²) in [6.45, 7) is 4.57. The minimum absolute atomic E-state index is 0.00707. The highest BCUT2D eigenvalue weighted by molar-refractivity contribution is 7.18. The lowest BCUT2D eigenvalue weighted by molar-refractivity contribution is -0.116. The van der Waals surface area contributed by atoms with Gasteiger partial charge in [0.25, 0.3) is 5.91 Å². The van der Waals surface area contributed by atoms with E-state index in [1.54, 1.807) is 17.0 Å². The Kier molecular flexibility index (Phi) is 9.68. The van der Waals surface area contributed by atoms with Crippen molar-refractivity contribution in [1.82, 2.24) is 5.32 Å². The van der Waals surface area contributed by atoms with Gasteiger partial charge in [0.1, 0.15) is 6.10 Å². The Morgan fingerprint density at radius 1 is 1.11 bits per heavy atom. The summed E-state index contributed by atoms with van der Waals surface area (Å²) < 4.78 is 6.05. The molecule has 2 saturated heterocycles. The predicted molar refractivity (Wildman–Crippen MR) is 149 cm³/mol. The number of hydrogen-bond acceptors (Lipinski definition) is 6. The molecule has 1 aromatic carbocycles. The van der Waals surface area contributed by atoms with E-state index in [1.807, 2.05) is 18.2 Å². The van der Waals surface area contributed by atoms with Crippen molar-refractivity contribution in [2.75, 3.05) is 41.3 Å². The van der Waals surface area contributed by atoms with Crippen molar-refractivity contribution in [3.63, 3.8) is 0 Å². The largest absolute Gasteiger partial charge is 0.442 e. The van der Waals surface area contributed by atoms with Crippen LogP contribution in [0, 0.1) is 0 Å². The molecule has 3 heterocycles. The number of carbonyl (C=O) groups is 3. The van der Waals surface area contributed by atoms with Crippen LogP contribution in [0.25, 0.3) is 0 Å². The summed E-state index contributed by atoms with van der Waals surface area (Å²) in [6, 6.07) is 9.06. The van der Waals surface area contributed by atoms with Gasteiger partial charge in [0.05, 0.1) is 33.7 Å². The monoisotopic (exact) mass is 546 g/mol. The average molecular weight is 547 g/mol. The van der Waals surface area contributed by atoms with Crippen LogP contribution in [0.4, 0.5) is 21.9 Å². The Balaban J connectivity index is 1.40. The van der Waals surface area contributed by atoms with Gasteiger partial charge in [0.15, 0.2) is 0 Å². The lowest BCUT2D eigenvalue weighted by Gasteiger charge is -2.24. The van der Waals surface area contributed by atoms with Crippen molar-refractivity contribution < 1.29 is 19.1 Å². The summed E-state index contributed by atoms with van der Waals surface area (Å²) in [5.41, 5.74) is 2.36. The molecular weight excluding hydrogens is 512 g/mol. The molecule has 0 saturated carbocycles. The molecule has 2 aliphatic heterocycles. The van der Waals surface area contributed by atoms with Crippen LogP contribution in [0.5, 0.6) is 0 Å². The first-order valence-corrected chi connectivity index (χ1v) is 14.3. The van der Waals surface area contributed by atoms with Gasteiger partial charge in [-0.05, 0) is 49.6 Å². The molecule has 10 heteroatoms. The van der Waals surface area contributed by atoms with Gasteiger partial charge in [-0.1, -0.05) is 44.2 Å². The van der Waals surface area contributed by atoms with Gasteiger partial charge in [-0.3, -0.25) is 14.5 Å². The molecule has 1 aromatic heterocycles. The third-order valence-corrected chi connectivity index (χ3v) is 7.91. The fraction of sp³-hybridized carbons (Fsp3) is 0.519. The number of anilines is 3. The number of cyclic esters (lactones) is 1. The molecule has 8 nitrogen and oxygen atoms in total. The van der Waals surface area contributed by atoms with Crippen LogP contribution in [0.15, 0.2) is 30.3 Å². The van der Waals surface area contributed by atoms with E-state index in [0.717, 1.165) is 56.6 Å². The second kappa shape index (κ2) is 13.1. The Labute approximate surface area is 227 Å². The van der Waals surface area contributed by atoms with Gasteiger partial charge >= 0.3 is 6.09 Å². The number of ether oxygens (including phenoxy) is 1. The molecular formula is C27H35ClN4O4S. The van der Waals surface area contributed by atoms with Crippen molar-refractivity contribution in [3.05, 3.63) is 39.5 Å². The Morgan fingerprint density at radius 3 is 2.62 bits per heavy atom. The van der Waals surface area contributed by atoms with Gasteiger partial charge in [-0.25, -0.2) is 4.79 Å². The lowest BCUT2D eigenvalue weighted by Crippen LogP contribution is -2.34. The second-order valence-electron chi connectivity index (χ2n) is 9.54. The van der Waals surface area contributed by atoms with E-state index in [-0.39, 0.29) is 18.4 Å². The van der Waals surface area contributed by atoms with E-state index in [2.05, 4.69) is 22.5 Å². The summed E-state index contributed by atoms with van der Waals surface area (Å²) in [6.07, 6.45) is 7.22. The van der Waals surface area contributed by atoms with Gasteiger partial charge in [0, 0.05) is 25.2 Å². The first-order chi connectivity index (χ1) is 17.9. The summed E-state index contributed by atoms with van der Waals surface area (Å²) >= 11 is 7.11. The first kappa shape index (κ1) is 27.3. The number of carbonyl (C=O) groups excluding carboxylic acids is 3. The lowest BCUT2D eigenvalue weighted by atomic mass is 10.1. The maximum atomic E-state index is 12.7. The van der Waals surface area contributed by atoms with Crippen molar-refractivity contribution in [3.8, 4) is 0 Å². The molecule has 4 rings (SSSR count). The van der Waals surface area contributed by atoms with E-state index in [0.29, 0.717) is 27.9 Å². The van der Waals surface area contributed by atoms with Crippen LogP contribution in [0.3, 0.4) is 0 Å². The van der Waals surface area contributed by atoms with E-state index < -0.39 is 12.2 Å². The molecule has 2 fully saturated rings. The zero-order chi connectivity index (χ0) is 26.2. The maximum Gasteiger partial charge on any atom is 0.414 e. The van der Waals surface area contributed by atoms with Crippen LogP contribution >= 0.6 is 22.9 Å². The highest BCUT2D eigenvalue weighted by Gasteiger charge is 2.33. The third-order valence-electron chi connectivity index (χ3n) is 6.68.